The third-order valence-corrected chi connectivity index (χ3v) is 5.95. The topological polar surface area (TPSA) is 58.6 Å². The van der Waals surface area contributed by atoms with Gasteiger partial charge in [0.2, 0.25) is 11.8 Å². The van der Waals surface area contributed by atoms with Crippen LogP contribution in [0, 0.1) is 11.7 Å². The van der Waals surface area contributed by atoms with Crippen molar-refractivity contribution in [1.29, 1.82) is 0 Å². The molecule has 174 valence electrons. The molecule has 7 heteroatoms. The maximum absolute atomic E-state index is 13.2. The van der Waals surface area contributed by atoms with Crippen molar-refractivity contribution in [3.8, 4) is 5.75 Å². The minimum atomic E-state index is -0.557. The van der Waals surface area contributed by atoms with Crippen molar-refractivity contribution in [3.63, 3.8) is 0 Å². The number of ether oxygens (including phenoxy) is 1. The van der Waals surface area contributed by atoms with Crippen LogP contribution in [0.3, 0.4) is 0 Å². The van der Waals surface area contributed by atoms with E-state index in [-0.39, 0.29) is 23.4 Å². The maximum atomic E-state index is 13.2. The van der Waals surface area contributed by atoms with E-state index in [2.05, 4.69) is 5.32 Å². The largest absolute Gasteiger partial charge is 0.497 e. The van der Waals surface area contributed by atoms with Crippen LogP contribution in [-0.4, -0.2) is 42.2 Å². The predicted octanol–water partition coefficient (Wildman–Crippen LogP) is 4.65. The quantitative estimate of drug-likeness (QED) is 0.501. The zero-order valence-electron chi connectivity index (χ0n) is 19.3. The van der Waals surface area contributed by atoms with Crippen molar-refractivity contribution in [2.45, 2.75) is 45.5 Å². The Morgan fingerprint density at radius 2 is 1.84 bits per heavy atom. The van der Waals surface area contributed by atoms with E-state index in [1.165, 1.54) is 23.9 Å². The SMILES string of the molecule is CCC(C(=O)NCC(C)C)N(Cc1cccc(OC)c1)C(=O)CSCc1ccc(F)cc1. The molecule has 0 aliphatic rings. The minimum absolute atomic E-state index is 0.105. The number of thioether (sulfide) groups is 1. The molecule has 1 N–H and O–H groups in total. The summed E-state index contributed by atoms with van der Waals surface area (Å²) < 4.78 is 18.4. The van der Waals surface area contributed by atoms with Gasteiger partial charge in [-0.1, -0.05) is 45.0 Å². The summed E-state index contributed by atoms with van der Waals surface area (Å²) in [6.07, 6.45) is 0.516. The van der Waals surface area contributed by atoms with Crippen molar-refractivity contribution >= 4 is 23.6 Å². The number of rotatable bonds is 12. The molecule has 1 atom stereocenters. The highest BCUT2D eigenvalue weighted by Crippen LogP contribution is 2.20. The fourth-order valence-corrected chi connectivity index (χ4v) is 4.10. The standard InChI is InChI=1S/C25H33FN2O3S/c1-5-23(25(30)27-14-18(2)3)28(15-20-7-6-8-22(13-20)31-4)24(29)17-32-16-19-9-11-21(26)12-10-19/h6-13,18,23H,5,14-17H2,1-4H3,(H,27,30). The summed E-state index contributed by atoms with van der Waals surface area (Å²) in [6.45, 7) is 6.87. The molecule has 2 amide bonds. The van der Waals surface area contributed by atoms with Gasteiger partial charge >= 0.3 is 0 Å². The molecule has 0 aliphatic carbocycles. The van der Waals surface area contributed by atoms with Crippen molar-refractivity contribution in [3.05, 3.63) is 65.5 Å². The highest BCUT2D eigenvalue weighted by Gasteiger charge is 2.28. The van der Waals surface area contributed by atoms with Gasteiger partial charge in [0.1, 0.15) is 17.6 Å². The summed E-state index contributed by atoms with van der Waals surface area (Å²) in [5.74, 6) is 1.33. The summed E-state index contributed by atoms with van der Waals surface area (Å²) in [7, 11) is 1.60. The minimum Gasteiger partial charge on any atom is -0.497 e. The van der Waals surface area contributed by atoms with Crippen LogP contribution in [0.4, 0.5) is 4.39 Å². The van der Waals surface area contributed by atoms with Gasteiger partial charge in [0.15, 0.2) is 0 Å². The molecule has 0 heterocycles. The van der Waals surface area contributed by atoms with Crippen molar-refractivity contribution in [2.24, 2.45) is 5.92 Å². The van der Waals surface area contributed by atoms with Gasteiger partial charge in [-0.25, -0.2) is 4.39 Å². The van der Waals surface area contributed by atoms with E-state index in [1.54, 1.807) is 24.1 Å². The monoisotopic (exact) mass is 460 g/mol. The normalized spacial score (nSPS) is 11.8. The molecule has 0 saturated carbocycles. The Bertz CT molecular complexity index is 874. The van der Waals surface area contributed by atoms with Crippen LogP contribution in [0.5, 0.6) is 5.75 Å². The third-order valence-electron chi connectivity index (χ3n) is 4.97. The van der Waals surface area contributed by atoms with Crippen LogP contribution >= 0.6 is 11.8 Å². The number of hydrogen-bond acceptors (Lipinski definition) is 4. The molecule has 2 aromatic rings. The van der Waals surface area contributed by atoms with E-state index in [0.717, 1.165) is 11.1 Å². The Hall–Kier alpha value is -2.54. The molecule has 0 radical (unpaired) electrons. The van der Waals surface area contributed by atoms with E-state index in [4.69, 9.17) is 4.74 Å². The first-order chi connectivity index (χ1) is 15.3. The number of carbonyl (C=O) groups is 2. The van der Waals surface area contributed by atoms with Gasteiger partial charge in [-0.15, -0.1) is 11.8 Å². The first-order valence-corrected chi connectivity index (χ1v) is 12.0. The average Bonchev–Trinajstić information content (AvgIpc) is 2.78. The third kappa shape index (κ3) is 8.19. The van der Waals surface area contributed by atoms with Crippen molar-refractivity contribution in [1.82, 2.24) is 10.2 Å². The summed E-state index contributed by atoms with van der Waals surface area (Å²) in [5.41, 5.74) is 1.85. The molecule has 1 unspecified atom stereocenters. The van der Waals surface area contributed by atoms with Crippen LogP contribution in [0.1, 0.15) is 38.3 Å². The second-order valence-corrected chi connectivity index (χ2v) is 9.04. The first kappa shape index (κ1) is 25.7. The summed E-state index contributed by atoms with van der Waals surface area (Å²) in [6, 6.07) is 13.2. The van der Waals surface area contributed by atoms with Gasteiger partial charge in [-0.2, -0.15) is 0 Å². The number of carbonyl (C=O) groups excluding carboxylic acids is 2. The lowest BCUT2D eigenvalue weighted by atomic mass is 10.1. The van der Waals surface area contributed by atoms with Crippen molar-refractivity contribution < 1.29 is 18.7 Å². The lowest BCUT2D eigenvalue weighted by molar-refractivity contribution is -0.139. The fourth-order valence-electron chi connectivity index (χ4n) is 3.23. The lowest BCUT2D eigenvalue weighted by Gasteiger charge is -2.31. The number of hydrogen-bond donors (Lipinski definition) is 1. The molecule has 0 bridgehead atoms. The second kappa shape index (κ2) is 13.1. The van der Waals surface area contributed by atoms with Crippen LogP contribution in [0.2, 0.25) is 0 Å². The number of methoxy groups -OCH3 is 1. The number of halogens is 1. The number of nitrogens with one attached hydrogen (secondary N) is 1. The molecular formula is C25H33FN2O3S. The molecule has 5 nitrogen and oxygen atoms in total. The zero-order chi connectivity index (χ0) is 23.5. The molecule has 2 rings (SSSR count). The van der Waals surface area contributed by atoms with E-state index in [0.29, 0.717) is 36.9 Å². The van der Waals surface area contributed by atoms with Crippen LogP contribution < -0.4 is 10.1 Å². The van der Waals surface area contributed by atoms with Gasteiger partial charge in [-0.3, -0.25) is 9.59 Å². The Kier molecular flexibility index (Phi) is 10.5. The Labute approximate surface area is 194 Å². The molecule has 0 spiro atoms. The Morgan fingerprint density at radius 1 is 1.12 bits per heavy atom. The van der Waals surface area contributed by atoms with Crippen LogP contribution in [0.15, 0.2) is 48.5 Å². The van der Waals surface area contributed by atoms with Gasteiger partial charge in [0.05, 0.1) is 12.9 Å². The predicted molar refractivity (Wildman–Crippen MR) is 128 cm³/mol. The summed E-state index contributed by atoms with van der Waals surface area (Å²) in [5, 5.41) is 2.96. The van der Waals surface area contributed by atoms with E-state index in [1.807, 2.05) is 45.0 Å². The summed E-state index contributed by atoms with van der Waals surface area (Å²) >= 11 is 1.45. The molecule has 0 fully saturated rings. The lowest BCUT2D eigenvalue weighted by Crippen LogP contribution is -2.50. The second-order valence-electron chi connectivity index (χ2n) is 8.06. The van der Waals surface area contributed by atoms with Gasteiger partial charge < -0.3 is 15.0 Å². The summed E-state index contributed by atoms with van der Waals surface area (Å²) in [4.78, 5) is 27.8. The molecule has 0 aliphatic heterocycles. The van der Waals surface area contributed by atoms with E-state index < -0.39 is 6.04 Å². The molecule has 0 saturated heterocycles. The van der Waals surface area contributed by atoms with Crippen LogP contribution in [0.25, 0.3) is 0 Å². The average molecular weight is 461 g/mol. The van der Waals surface area contributed by atoms with Gasteiger partial charge in [0.25, 0.3) is 0 Å². The Balaban J connectivity index is 2.13. The van der Waals surface area contributed by atoms with Crippen LogP contribution in [-0.2, 0) is 21.9 Å². The first-order valence-electron chi connectivity index (χ1n) is 10.9. The fraction of sp³-hybridized carbons (Fsp3) is 0.440. The molecule has 32 heavy (non-hydrogen) atoms. The number of benzene rings is 2. The maximum Gasteiger partial charge on any atom is 0.242 e. The molecular weight excluding hydrogens is 427 g/mol. The van der Waals surface area contributed by atoms with Gasteiger partial charge in [0, 0.05) is 18.8 Å². The highest BCUT2D eigenvalue weighted by atomic mass is 32.2. The smallest absolute Gasteiger partial charge is 0.242 e. The van der Waals surface area contributed by atoms with E-state index >= 15 is 0 Å². The highest BCUT2D eigenvalue weighted by molar-refractivity contribution is 7.99. The molecule has 0 aromatic heterocycles. The molecule has 2 aromatic carbocycles. The zero-order valence-corrected chi connectivity index (χ0v) is 20.1. The number of nitrogens with zero attached hydrogens (tertiary/aromatic N) is 1. The van der Waals surface area contributed by atoms with E-state index in [9.17, 15) is 14.0 Å². The van der Waals surface area contributed by atoms with Crippen molar-refractivity contribution in [2.75, 3.05) is 19.4 Å². The van der Waals surface area contributed by atoms with Gasteiger partial charge in [-0.05, 0) is 47.7 Å². The number of amides is 2. The Morgan fingerprint density at radius 3 is 2.47 bits per heavy atom.